The van der Waals surface area contributed by atoms with Gasteiger partial charge in [0, 0.05) is 23.0 Å². The third-order valence-electron chi connectivity index (χ3n) is 4.58. The van der Waals surface area contributed by atoms with Crippen LogP contribution in [0.1, 0.15) is 15.9 Å². The molecule has 6 nitrogen and oxygen atoms in total. The molecule has 0 bridgehead atoms. The number of sulfone groups is 1. The van der Waals surface area contributed by atoms with Crippen LogP contribution in [0.3, 0.4) is 0 Å². The first-order valence-corrected chi connectivity index (χ1v) is 11.4. The minimum absolute atomic E-state index is 0.0102. The molecule has 2 atom stereocenters. The number of thioether (sulfide) groups is 1. The summed E-state index contributed by atoms with van der Waals surface area (Å²) in [5.41, 5.74) is 2.11. The Morgan fingerprint density at radius 1 is 1.11 bits per heavy atom. The summed E-state index contributed by atoms with van der Waals surface area (Å²) in [6, 6.07) is 12.8. The molecule has 1 fully saturated rings. The second-order valence-corrected chi connectivity index (χ2v) is 10.1. The zero-order valence-corrected chi connectivity index (χ0v) is 16.4. The van der Waals surface area contributed by atoms with Crippen molar-refractivity contribution >= 4 is 38.4 Å². The van der Waals surface area contributed by atoms with Gasteiger partial charge in [0.1, 0.15) is 5.82 Å². The van der Waals surface area contributed by atoms with Crippen molar-refractivity contribution < 1.29 is 17.6 Å². The molecule has 1 amide bonds. The van der Waals surface area contributed by atoms with Gasteiger partial charge in [0.25, 0.3) is 5.91 Å². The Kier molecular flexibility index (Phi) is 5.11. The van der Waals surface area contributed by atoms with Gasteiger partial charge in [-0.25, -0.2) is 12.8 Å². The maximum atomic E-state index is 12.9. The summed E-state index contributed by atoms with van der Waals surface area (Å²) in [6.07, 6.45) is 0. The molecule has 2 aromatic rings. The number of amidine groups is 1. The Balaban J connectivity index is 1.32. The minimum atomic E-state index is -2.96. The summed E-state index contributed by atoms with van der Waals surface area (Å²) >= 11 is 1.45. The van der Waals surface area contributed by atoms with Crippen LogP contribution in [0.25, 0.3) is 0 Å². The van der Waals surface area contributed by atoms with Gasteiger partial charge in [-0.3, -0.25) is 9.79 Å². The van der Waals surface area contributed by atoms with Crippen LogP contribution in [0.4, 0.5) is 10.1 Å². The highest BCUT2D eigenvalue weighted by atomic mass is 32.2. The van der Waals surface area contributed by atoms with Crippen molar-refractivity contribution in [3.8, 4) is 0 Å². The number of carbonyl (C=O) groups excluding carboxylic acids is 1. The van der Waals surface area contributed by atoms with Gasteiger partial charge in [0.15, 0.2) is 15.0 Å². The topological polar surface area (TPSA) is 87.6 Å². The number of halogens is 1. The number of aliphatic imine (C=N–C) groups is 1. The smallest absolute Gasteiger partial charge is 0.251 e. The molecule has 2 N–H and O–H groups in total. The first kappa shape index (κ1) is 18.9. The number of amides is 1. The van der Waals surface area contributed by atoms with E-state index in [9.17, 15) is 17.6 Å². The lowest BCUT2D eigenvalue weighted by atomic mass is 10.1. The summed E-state index contributed by atoms with van der Waals surface area (Å²) < 4.78 is 36.1. The fourth-order valence-corrected chi connectivity index (χ4v) is 6.81. The zero-order valence-electron chi connectivity index (χ0n) is 14.8. The van der Waals surface area contributed by atoms with Gasteiger partial charge < -0.3 is 10.6 Å². The molecule has 2 aliphatic heterocycles. The van der Waals surface area contributed by atoms with E-state index >= 15 is 0 Å². The fourth-order valence-electron chi connectivity index (χ4n) is 3.13. The second kappa shape index (κ2) is 7.56. The molecule has 0 spiro atoms. The Morgan fingerprint density at radius 2 is 1.82 bits per heavy atom. The van der Waals surface area contributed by atoms with Crippen molar-refractivity contribution in [3.63, 3.8) is 0 Å². The lowest BCUT2D eigenvalue weighted by Crippen LogP contribution is -2.22. The number of anilines is 1. The summed E-state index contributed by atoms with van der Waals surface area (Å²) in [6.45, 7) is 0.318. The molecule has 2 aliphatic rings. The fraction of sp³-hybridized carbons (Fsp3) is 0.263. The lowest BCUT2D eigenvalue weighted by molar-refractivity contribution is 0.0951. The van der Waals surface area contributed by atoms with Crippen LogP contribution in [0.2, 0.25) is 0 Å². The maximum Gasteiger partial charge on any atom is 0.251 e. The summed E-state index contributed by atoms with van der Waals surface area (Å²) in [5, 5.41) is 6.67. The summed E-state index contributed by atoms with van der Waals surface area (Å²) in [5.74, 6) is -0.246. The van der Waals surface area contributed by atoms with E-state index in [1.165, 1.54) is 23.9 Å². The number of carbonyl (C=O) groups is 1. The number of hydrogen-bond acceptors (Lipinski definition) is 6. The lowest BCUT2D eigenvalue weighted by Gasteiger charge is -2.09. The van der Waals surface area contributed by atoms with E-state index in [-0.39, 0.29) is 34.5 Å². The summed E-state index contributed by atoms with van der Waals surface area (Å²) in [4.78, 5) is 16.7. The van der Waals surface area contributed by atoms with Crippen molar-refractivity contribution in [1.82, 2.24) is 5.32 Å². The van der Waals surface area contributed by atoms with E-state index in [2.05, 4.69) is 15.6 Å². The average molecular weight is 420 g/mol. The van der Waals surface area contributed by atoms with E-state index in [0.717, 1.165) is 11.3 Å². The van der Waals surface area contributed by atoms with Gasteiger partial charge in [-0.1, -0.05) is 23.9 Å². The molecule has 28 heavy (non-hydrogen) atoms. The monoisotopic (exact) mass is 419 g/mol. The van der Waals surface area contributed by atoms with E-state index in [4.69, 9.17) is 0 Å². The minimum Gasteiger partial charge on any atom is -0.348 e. The normalized spacial score (nSPS) is 22.4. The van der Waals surface area contributed by atoms with Gasteiger partial charge >= 0.3 is 0 Å². The van der Waals surface area contributed by atoms with E-state index < -0.39 is 9.84 Å². The zero-order chi connectivity index (χ0) is 19.7. The quantitative estimate of drug-likeness (QED) is 0.795. The number of nitrogens with zero attached hydrogens (tertiary/aromatic N) is 1. The number of benzene rings is 2. The molecule has 4 rings (SSSR count). The number of fused-ring (bicyclic) bond motifs is 1. The Morgan fingerprint density at radius 3 is 2.50 bits per heavy atom. The molecule has 9 heteroatoms. The van der Waals surface area contributed by atoms with Crippen LogP contribution in [0.15, 0.2) is 53.5 Å². The molecule has 2 aromatic carbocycles. The van der Waals surface area contributed by atoms with Gasteiger partial charge in [0.2, 0.25) is 0 Å². The van der Waals surface area contributed by atoms with Gasteiger partial charge in [-0.2, -0.15) is 0 Å². The molecule has 1 saturated heterocycles. The Hall–Kier alpha value is -2.39. The first-order valence-electron chi connectivity index (χ1n) is 8.73. The Labute approximate surface area is 166 Å². The van der Waals surface area contributed by atoms with E-state index in [1.54, 1.807) is 36.4 Å². The van der Waals surface area contributed by atoms with Crippen molar-refractivity contribution in [1.29, 1.82) is 0 Å². The van der Waals surface area contributed by atoms with Crippen molar-refractivity contribution in [2.24, 2.45) is 4.99 Å². The van der Waals surface area contributed by atoms with Crippen LogP contribution < -0.4 is 10.6 Å². The third-order valence-corrected chi connectivity index (χ3v) is 7.72. The van der Waals surface area contributed by atoms with Gasteiger partial charge in [0.05, 0.1) is 17.5 Å². The average Bonchev–Trinajstić information content (AvgIpc) is 3.14. The highest BCUT2D eigenvalue weighted by Crippen LogP contribution is 2.34. The largest absolute Gasteiger partial charge is 0.348 e. The van der Waals surface area contributed by atoms with Gasteiger partial charge in [-0.15, -0.1) is 0 Å². The van der Waals surface area contributed by atoms with Crippen molar-refractivity contribution in [2.45, 2.75) is 17.8 Å². The predicted octanol–water partition coefficient (Wildman–Crippen LogP) is 2.44. The molecular weight excluding hydrogens is 401 g/mol. The van der Waals surface area contributed by atoms with E-state index in [1.807, 2.05) is 0 Å². The van der Waals surface area contributed by atoms with E-state index in [0.29, 0.717) is 17.3 Å². The van der Waals surface area contributed by atoms with Gasteiger partial charge in [-0.05, 0) is 42.0 Å². The molecule has 0 saturated carbocycles. The standard InChI is InChI=1S/C19H18FN3O3S2/c20-14-5-1-12(2-6-14)9-21-18(24)13-3-7-15(8-4-13)22-19-23-16-10-28(25,26)11-17(16)27-19/h1-8,16-17H,9-11H2,(H,21,24)(H,22,23)/t16-,17-/m0/s1. The highest BCUT2D eigenvalue weighted by molar-refractivity contribution is 8.15. The molecule has 0 aromatic heterocycles. The Bertz CT molecular complexity index is 1020. The molecule has 146 valence electrons. The number of hydrogen-bond donors (Lipinski definition) is 2. The van der Waals surface area contributed by atoms with Crippen molar-refractivity contribution in [2.75, 3.05) is 16.8 Å². The molecule has 0 unspecified atom stereocenters. The molecular formula is C19H18FN3O3S2. The SMILES string of the molecule is O=C(NCc1ccc(F)cc1)c1ccc(NC2=N[C@H]3CS(=O)(=O)C[C@@H]3S2)cc1. The number of rotatable bonds is 4. The number of nitrogens with one attached hydrogen (secondary N) is 2. The maximum absolute atomic E-state index is 12.9. The molecule has 0 radical (unpaired) electrons. The van der Waals surface area contributed by atoms with Crippen LogP contribution in [-0.4, -0.2) is 42.3 Å². The van der Waals surface area contributed by atoms with Crippen LogP contribution in [0, 0.1) is 5.82 Å². The van der Waals surface area contributed by atoms with Crippen LogP contribution in [-0.2, 0) is 16.4 Å². The third kappa shape index (κ3) is 4.36. The highest BCUT2D eigenvalue weighted by Gasteiger charge is 2.42. The van der Waals surface area contributed by atoms with Crippen molar-refractivity contribution in [3.05, 3.63) is 65.5 Å². The summed E-state index contributed by atoms with van der Waals surface area (Å²) in [7, 11) is -2.96. The van der Waals surface area contributed by atoms with Crippen LogP contribution in [0.5, 0.6) is 0 Å². The van der Waals surface area contributed by atoms with Crippen LogP contribution >= 0.6 is 11.8 Å². The second-order valence-electron chi connectivity index (χ2n) is 6.75. The molecule has 2 heterocycles. The predicted molar refractivity (Wildman–Crippen MR) is 109 cm³/mol. The molecule has 0 aliphatic carbocycles. The first-order chi connectivity index (χ1) is 13.4.